The van der Waals surface area contributed by atoms with Gasteiger partial charge in [-0.25, -0.2) is 9.67 Å². The van der Waals surface area contributed by atoms with Crippen LogP contribution in [0.5, 0.6) is 0 Å². The van der Waals surface area contributed by atoms with Crippen molar-refractivity contribution in [2.24, 2.45) is 0 Å². The molecule has 0 unspecified atom stereocenters. The number of pyridine rings is 1. The van der Waals surface area contributed by atoms with E-state index in [1.165, 1.54) is 44.9 Å². The van der Waals surface area contributed by atoms with Crippen LogP contribution in [0.3, 0.4) is 0 Å². The second-order valence-corrected chi connectivity index (χ2v) is 5.51. The third kappa shape index (κ3) is 3.18. The molecule has 0 radical (unpaired) electrons. The summed E-state index contributed by atoms with van der Waals surface area (Å²) in [6.07, 6.45) is 14.9. The maximum Gasteiger partial charge on any atom is 0.176 e. The Labute approximate surface area is 120 Å². The van der Waals surface area contributed by atoms with Gasteiger partial charge in [-0.1, -0.05) is 32.1 Å². The van der Waals surface area contributed by atoms with Crippen LogP contribution in [0.1, 0.15) is 44.9 Å². The molecule has 2 heterocycles. The Kier molecular flexibility index (Phi) is 4.31. The van der Waals surface area contributed by atoms with E-state index >= 15 is 0 Å². The van der Waals surface area contributed by atoms with Gasteiger partial charge >= 0.3 is 0 Å². The van der Waals surface area contributed by atoms with E-state index in [0.717, 1.165) is 11.5 Å². The van der Waals surface area contributed by atoms with Crippen molar-refractivity contribution in [3.8, 4) is 5.82 Å². The summed E-state index contributed by atoms with van der Waals surface area (Å²) < 4.78 is 1.82. The van der Waals surface area contributed by atoms with Gasteiger partial charge in [-0.3, -0.25) is 0 Å². The van der Waals surface area contributed by atoms with E-state index in [2.05, 4.69) is 21.5 Å². The topological polar surface area (TPSA) is 42.7 Å². The molecule has 0 amide bonds. The summed E-state index contributed by atoms with van der Waals surface area (Å²) in [5, 5.41) is 7.97. The molecule has 3 rings (SSSR count). The summed E-state index contributed by atoms with van der Waals surface area (Å²) in [4.78, 5) is 4.47. The lowest BCUT2D eigenvalue weighted by molar-refractivity contribution is 0.471. The number of anilines is 1. The van der Waals surface area contributed by atoms with Crippen molar-refractivity contribution in [2.45, 2.75) is 51.0 Å². The van der Waals surface area contributed by atoms with Crippen LogP contribution < -0.4 is 5.32 Å². The highest BCUT2D eigenvalue weighted by Gasteiger charge is 2.14. The molecule has 0 bridgehead atoms. The maximum atomic E-state index is 4.47. The maximum absolute atomic E-state index is 4.47. The van der Waals surface area contributed by atoms with E-state index < -0.39 is 0 Å². The highest BCUT2D eigenvalue weighted by Crippen LogP contribution is 2.23. The van der Waals surface area contributed by atoms with Crippen LogP contribution >= 0.6 is 0 Å². The molecule has 4 heteroatoms. The average molecular weight is 270 g/mol. The fraction of sp³-hybridized carbons (Fsp3) is 0.500. The Morgan fingerprint density at radius 3 is 2.55 bits per heavy atom. The Hall–Kier alpha value is -1.84. The van der Waals surface area contributed by atoms with Gasteiger partial charge in [-0.05, 0) is 31.0 Å². The zero-order valence-corrected chi connectivity index (χ0v) is 11.8. The highest BCUT2D eigenvalue weighted by atomic mass is 15.3. The molecular formula is C16H22N4. The van der Waals surface area contributed by atoms with Crippen LogP contribution in [0, 0.1) is 0 Å². The van der Waals surface area contributed by atoms with Gasteiger partial charge < -0.3 is 5.32 Å². The van der Waals surface area contributed by atoms with Gasteiger partial charge in [0.1, 0.15) is 0 Å². The van der Waals surface area contributed by atoms with E-state index in [9.17, 15) is 0 Å². The van der Waals surface area contributed by atoms with Gasteiger partial charge in [0.2, 0.25) is 0 Å². The minimum Gasteiger partial charge on any atom is -0.379 e. The van der Waals surface area contributed by atoms with Gasteiger partial charge in [0.15, 0.2) is 5.82 Å². The summed E-state index contributed by atoms with van der Waals surface area (Å²) in [7, 11) is 0. The summed E-state index contributed by atoms with van der Waals surface area (Å²) >= 11 is 0. The summed E-state index contributed by atoms with van der Waals surface area (Å²) in [6, 6.07) is 6.57. The van der Waals surface area contributed by atoms with Crippen molar-refractivity contribution in [3.63, 3.8) is 0 Å². The fourth-order valence-corrected chi connectivity index (χ4v) is 2.91. The van der Waals surface area contributed by atoms with E-state index in [-0.39, 0.29) is 0 Å². The first-order valence-electron chi connectivity index (χ1n) is 7.65. The molecule has 1 N–H and O–H groups in total. The van der Waals surface area contributed by atoms with Crippen molar-refractivity contribution in [1.29, 1.82) is 0 Å². The minimum atomic E-state index is 0.564. The number of hydrogen-bond donors (Lipinski definition) is 1. The van der Waals surface area contributed by atoms with E-state index in [1.54, 1.807) is 6.20 Å². The summed E-state index contributed by atoms with van der Waals surface area (Å²) in [5.74, 6) is 0.888. The van der Waals surface area contributed by atoms with Crippen LogP contribution in [0.2, 0.25) is 0 Å². The van der Waals surface area contributed by atoms with Gasteiger partial charge in [0.25, 0.3) is 0 Å². The lowest BCUT2D eigenvalue weighted by Crippen LogP contribution is -2.21. The third-order valence-corrected chi connectivity index (χ3v) is 3.97. The second kappa shape index (κ2) is 6.55. The number of nitrogens with zero attached hydrogens (tertiary/aromatic N) is 3. The largest absolute Gasteiger partial charge is 0.379 e. The SMILES string of the molecule is c1cnc(-n2cccn2)c(NC2CCCCCCC2)c1. The van der Waals surface area contributed by atoms with Gasteiger partial charge in [-0.2, -0.15) is 5.10 Å². The molecule has 0 atom stereocenters. The van der Waals surface area contributed by atoms with E-state index in [0.29, 0.717) is 6.04 Å². The smallest absolute Gasteiger partial charge is 0.176 e. The van der Waals surface area contributed by atoms with Crippen molar-refractivity contribution in [3.05, 3.63) is 36.8 Å². The number of nitrogens with one attached hydrogen (secondary N) is 1. The molecule has 106 valence electrons. The standard InChI is InChI=1S/C16H22N4/c1-2-4-8-14(9-5-3-1)19-15-10-6-11-17-16(15)20-13-7-12-18-20/h6-7,10-14,19H,1-5,8-9H2. The zero-order valence-electron chi connectivity index (χ0n) is 11.8. The van der Waals surface area contributed by atoms with Crippen LogP contribution in [0.25, 0.3) is 5.82 Å². The summed E-state index contributed by atoms with van der Waals surface area (Å²) in [6.45, 7) is 0. The quantitative estimate of drug-likeness (QED) is 0.922. The first-order chi connectivity index (χ1) is 9.93. The van der Waals surface area contributed by atoms with Gasteiger partial charge in [0.05, 0.1) is 5.69 Å². The first kappa shape index (κ1) is 13.2. The minimum absolute atomic E-state index is 0.564. The fourth-order valence-electron chi connectivity index (χ4n) is 2.91. The molecule has 1 aliphatic rings. The summed E-state index contributed by atoms with van der Waals surface area (Å²) in [5.41, 5.74) is 1.08. The molecule has 2 aromatic rings. The molecule has 0 spiro atoms. The van der Waals surface area contributed by atoms with Crippen LogP contribution in [-0.4, -0.2) is 20.8 Å². The normalized spacial score (nSPS) is 17.4. The van der Waals surface area contributed by atoms with Crippen molar-refractivity contribution in [2.75, 3.05) is 5.32 Å². The molecule has 1 fully saturated rings. The molecule has 0 aliphatic heterocycles. The molecular weight excluding hydrogens is 248 g/mol. The van der Waals surface area contributed by atoms with Crippen LogP contribution in [-0.2, 0) is 0 Å². The Bertz CT molecular complexity index is 513. The van der Waals surface area contributed by atoms with E-state index in [4.69, 9.17) is 0 Å². The monoisotopic (exact) mass is 270 g/mol. The van der Waals surface area contributed by atoms with Crippen molar-refractivity contribution >= 4 is 5.69 Å². The second-order valence-electron chi connectivity index (χ2n) is 5.51. The third-order valence-electron chi connectivity index (χ3n) is 3.97. The molecule has 1 saturated carbocycles. The van der Waals surface area contributed by atoms with Crippen molar-refractivity contribution in [1.82, 2.24) is 14.8 Å². The van der Waals surface area contributed by atoms with E-state index in [1.807, 2.05) is 29.2 Å². The lowest BCUT2D eigenvalue weighted by atomic mass is 9.96. The van der Waals surface area contributed by atoms with Crippen LogP contribution in [0.4, 0.5) is 5.69 Å². The molecule has 0 saturated heterocycles. The predicted molar refractivity (Wildman–Crippen MR) is 81.1 cm³/mol. The molecule has 20 heavy (non-hydrogen) atoms. The van der Waals surface area contributed by atoms with Gasteiger partial charge in [0, 0.05) is 24.6 Å². The average Bonchev–Trinajstić information content (AvgIpc) is 2.96. The molecule has 1 aliphatic carbocycles. The molecule has 0 aromatic carbocycles. The Morgan fingerprint density at radius 2 is 1.80 bits per heavy atom. The first-order valence-corrected chi connectivity index (χ1v) is 7.65. The number of aromatic nitrogens is 3. The molecule has 2 aromatic heterocycles. The lowest BCUT2D eigenvalue weighted by Gasteiger charge is -2.23. The zero-order chi connectivity index (χ0) is 13.6. The molecule has 4 nitrogen and oxygen atoms in total. The van der Waals surface area contributed by atoms with Crippen LogP contribution in [0.15, 0.2) is 36.8 Å². The van der Waals surface area contributed by atoms with Crippen molar-refractivity contribution < 1.29 is 0 Å². The number of rotatable bonds is 3. The highest BCUT2D eigenvalue weighted by molar-refractivity contribution is 5.56. The Balaban J connectivity index is 1.76. The number of hydrogen-bond acceptors (Lipinski definition) is 3. The predicted octanol–water partition coefficient (Wildman–Crippen LogP) is 3.79. The Morgan fingerprint density at radius 1 is 1.00 bits per heavy atom. The van der Waals surface area contributed by atoms with Gasteiger partial charge in [-0.15, -0.1) is 0 Å².